The van der Waals surface area contributed by atoms with Crippen LogP contribution in [0.5, 0.6) is 5.75 Å². The molecule has 16 nitrogen and oxygen atoms in total. The van der Waals surface area contributed by atoms with Crippen LogP contribution in [0.2, 0.25) is 0 Å². The molecule has 3 aliphatic rings. The number of nitrogens with zero attached hydrogens (tertiary/aromatic N) is 7. The zero-order chi connectivity index (χ0) is 44.9. The van der Waals surface area contributed by atoms with Gasteiger partial charge in [0.2, 0.25) is 17.8 Å². The summed E-state index contributed by atoms with van der Waals surface area (Å²) in [6.45, 7) is 5.97. The minimum Gasteiger partial charge on any atom is -0.494 e. The van der Waals surface area contributed by atoms with Gasteiger partial charge in [-0.05, 0) is 83.2 Å². The van der Waals surface area contributed by atoms with E-state index in [-0.39, 0.29) is 24.0 Å². The van der Waals surface area contributed by atoms with Gasteiger partial charge in [-0.25, -0.2) is 4.98 Å². The highest BCUT2D eigenvalue weighted by atomic mass is 79.9. The number of anilines is 6. The van der Waals surface area contributed by atoms with E-state index in [4.69, 9.17) is 9.72 Å². The van der Waals surface area contributed by atoms with Crippen LogP contribution >= 0.6 is 23.1 Å². The molecule has 6 aromatic rings. The van der Waals surface area contributed by atoms with E-state index >= 15 is 0 Å². The largest absolute Gasteiger partial charge is 0.494 e. The summed E-state index contributed by atoms with van der Waals surface area (Å²) in [6.07, 6.45) is 5.57. The lowest BCUT2D eigenvalue weighted by molar-refractivity contribution is -0.136. The Morgan fingerprint density at radius 2 is 1.55 bits per heavy atom. The average Bonchev–Trinajstić information content (AvgIpc) is 3.83. The molecule has 3 N–H and O–H groups in total. The fourth-order valence-corrected chi connectivity index (χ4v) is 9.86. The fraction of sp³-hybridized carbons (Fsp3) is 0.239. The van der Waals surface area contributed by atoms with Gasteiger partial charge in [0.1, 0.15) is 24.8 Å². The molecule has 0 aliphatic carbocycles. The van der Waals surface area contributed by atoms with Crippen molar-refractivity contribution in [2.75, 3.05) is 67.1 Å². The van der Waals surface area contributed by atoms with Crippen molar-refractivity contribution >= 4 is 86.5 Å². The monoisotopic (exact) mass is 942 g/mol. The predicted molar refractivity (Wildman–Crippen MR) is 250 cm³/mol. The third-order valence-corrected chi connectivity index (χ3v) is 13.8. The maximum atomic E-state index is 13.6. The van der Waals surface area contributed by atoms with Crippen LogP contribution < -0.4 is 35.8 Å². The Morgan fingerprint density at radius 3 is 2.25 bits per heavy atom. The quantitative estimate of drug-likeness (QED) is 0.0914. The van der Waals surface area contributed by atoms with Gasteiger partial charge in [0.05, 0.1) is 40.3 Å². The zero-order valence-electron chi connectivity index (χ0n) is 35.5. The van der Waals surface area contributed by atoms with Gasteiger partial charge in [-0.2, -0.15) is 10.1 Å². The topological polar surface area (TPSA) is 184 Å². The van der Waals surface area contributed by atoms with Crippen LogP contribution in [-0.2, 0) is 21.2 Å². The number of carbonyl (C=O) groups is 4. The van der Waals surface area contributed by atoms with Crippen molar-refractivity contribution in [1.29, 1.82) is 0 Å². The fourth-order valence-electron chi connectivity index (χ4n) is 8.41. The van der Waals surface area contributed by atoms with Gasteiger partial charge in [-0.15, -0.1) is 0 Å². The Morgan fingerprint density at radius 1 is 0.797 bits per heavy atom. The normalized spacial score (nSPS) is 16.5. The number of imide groups is 2. The van der Waals surface area contributed by atoms with Gasteiger partial charge in [0.25, 0.3) is 11.8 Å². The molecule has 2 saturated heterocycles. The minimum absolute atomic E-state index is 0.0582. The van der Waals surface area contributed by atoms with Crippen molar-refractivity contribution in [2.45, 2.75) is 18.9 Å². The van der Waals surface area contributed by atoms with Crippen LogP contribution in [0.25, 0.3) is 22.3 Å². The first-order chi connectivity index (χ1) is 30.7. The number of hydrogen-bond donors (Lipinski definition) is 3. The molecule has 0 spiro atoms. The van der Waals surface area contributed by atoms with E-state index in [1.54, 1.807) is 43.5 Å². The zero-order valence-corrected chi connectivity index (χ0v) is 37.9. The summed E-state index contributed by atoms with van der Waals surface area (Å²) in [5.74, 6) is -0.785. The number of piperidine rings is 1. The van der Waals surface area contributed by atoms with Crippen LogP contribution in [0, 0.1) is 0 Å². The summed E-state index contributed by atoms with van der Waals surface area (Å²) in [5, 5.41) is 14.2. The van der Waals surface area contributed by atoms with Gasteiger partial charge in [-0.3, -0.25) is 34.1 Å². The van der Waals surface area contributed by atoms with Crippen molar-refractivity contribution < 1.29 is 28.5 Å². The molecule has 5 heterocycles. The highest BCUT2D eigenvalue weighted by molar-refractivity contribution is 9.10. The summed E-state index contributed by atoms with van der Waals surface area (Å²) in [5.41, 5.74) is 7.30. The van der Waals surface area contributed by atoms with E-state index in [1.807, 2.05) is 86.2 Å². The molecular formula is C46H44BrN10O6P. The highest BCUT2D eigenvalue weighted by Gasteiger charge is 2.45. The number of amides is 4. The Labute approximate surface area is 377 Å². The van der Waals surface area contributed by atoms with E-state index in [0.717, 1.165) is 38.5 Å². The molecule has 18 heteroatoms. The predicted octanol–water partition coefficient (Wildman–Crippen LogP) is 6.78. The highest BCUT2D eigenvalue weighted by Crippen LogP contribution is 2.43. The lowest BCUT2D eigenvalue weighted by Gasteiger charge is -2.38. The summed E-state index contributed by atoms with van der Waals surface area (Å²) in [4.78, 5) is 66.0. The summed E-state index contributed by atoms with van der Waals surface area (Å²) >= 11 is 3.60. The number of nitrogens with one attached hydrogen (secondary N) is 3. The van der Waals surface area contributed by atoms with Gasteiger partial charge < -0.3 is 29.7 Å². The number of aromatic nitrogens is 4. The number of fused-ring (bicyclic) bond motifs is 1. The van der Waals surface area contributed by atoms with Gasteiger partial charge in [0.15, 0.2) is 0 Å². The molecule has 64 heavy (non-hydrogen) atoms. The smallest absolute Gasteiger partial charge is 0.262 e. The molecule has 4 amide bonds. The van der Waals surface area contributed by atoms with Crippen LogP contribution in [0.15, 0.2) is 102 Å². The second-order valence-electron chi connectivity index (χ2n) is 16.2. The molecule has 0 saturated carbocycles. The van der Waals surface area contributed by atoms with Crippen molar-refractivity contribution in [3.63, 3.8) is 0 Å². The van der Waals surface area contributed by atoms with Crippen molar-refractivity contribution in [2.24, 2.45) is 7.05 Å². The maximum Gasteiger partial charge on any atom is 0.262 e. The van der Waals surface area contributed by atoms with Crippen LogP contribution in [-0.4, -0.2) is 101 Å². The Hall–Kier alpha value is -6.84. The van der Waals surface area contributed by atoms with Gasteiger partial charge in [-0.1, -0.05) is 36.4 Å². The summed E-state index contributed by atoms with van der Waals surface area (Å²) in [7, 11) is 0.744. The van der Waals surface area contributed by atoms with E-state index in [1.165, 1.54) is 0 Å². The van der Waals surface area contributed by atoms with E-state index in [2.05, 4.69) is 51.8 Å². The number of hydrogen-bond acceptors (Lipinski definition) is 13. The Kier molecular flexibility index (Phi) is 11.3. The SMILES string of the molecule is COc1cc(N2CCN(c3ccc4c(c3)C(=O)N(C3CCC(=O)NC3=O)C4=O)CC2)c(-c2cnn(C)c2)cc1Nc1ncc(Br)c(Nc2ccc(-c3ccccc3)cc2P(C)(C)=O)n1. The first-order valence-corrected chi connectivity index (χ1v) is 24.0. The first kappa shape index (κ1) is 42.5. The lowest BCUT2D eigenvalue weighted by Crippen LogP contribution is -2.54. The maximum absolute atomic E-state index is 13.6. The van der Waals surface area contributed by atoms with Crippen molar-refractivity contribution in [3.05, 3.63) is 113 Å². The first-order valence-electron chi connectivity index (χ1n) is 20.6. The van der Waals surface area contributed by atoms with Gasteiger partial charge in [0, 0.05) is 85.9 Å². The van der Waals surface area contributed by atoms with E-state index in [0.29, 0.717) is 64.8 Å². The number of carbonyl (C=O) groups excluding carboxylic acids is 4. The van der Waals surface area contributed by atoms with Crippen LogP contribution in [0.3, 0.4) is 0 Å². The van der Waals surface area contributed by atoms with E-state index in [9.17, 15) is 23.7 Å². The molecule has 1 atom stereocenters. The van der Waals surface area contributed by atoms with Crippen molar-refractivity contribution in [1.82, 2.24) is 30.0 Å². The van der Waals surface area contributed by atoms with Crippen molar-refractivity contribution in [3.8, 4) is 28.0 Å². The lowest BCUT2D eigenvalue weighted by atomic mass is 10.0. The number of piperazine rings is 1. The number of ether oxygens (including phenoxy) is 1. The molecule has 2 aromatic heterocycles. The molecular weight excluding hydrogens is 899 g/mol. The molecule has 1 unspecified atom stereocenters. The van der Waals surface area contributed by atoms with Crippen LogP contribution in [0.1, 0.15) is 33.6 Å². The Bertz CT molecular complexity index is 2910. The standard InChI is InChI=1S/C46H44BrN10O6P/c1-54-26-29(24-49-54)32-22-36(51-46-48-25-34(47)42(53-46)50-35-13-10-28(20-40(35)64(3,4)62)27-8-6-5-7-9-27)39(63-2)23-38(32)56-18-16-55(17-19-56)30-11-12-31-33(21-30)45(61)57(44(31)60)37-14-15-41(58)52-43(37)59/h5-13,20-26,37H,14-19H2,1-4H3,(H,52,58,59)(H2,48,50,51,53). The third-order valence-electron chi connectivity index (χ3n) is 11.7. The molecule has 0 radical (unpaired) electrons. The van der Waals surface area contributed by atoms with Crippen LogP contribution in [0.4, 0.5) is 34.5 Å². The number of rotatable bonds is 11. The molecule has 326 valence electrons. The van der Waals surface area contributed by atoms with Gasteiger partial charge >= 0.3 is 0 Å². The molecule has 0 bridgehead atoms. The number of halogens is 1. The molecule has 2 fully saturated rings. The molecule has 4 aromatic carbocycles. The van der Waals surface area contributed by atoms with E-state index < -0.39 is 36.8 Å². The average molecular weight is 944 g/mol. The second-order valence-corrected chi connectivity index (χ2v) is 20.3. The number of benzene rings is 4. The minimum atomic E-state index is -2.73. The summed E-state index contributed by atoms with van der Waals surface area (Å²) < 4.78 is 22.0. The number of aryl methyl sites for hydroxylation is 1. The Balaban J connectivity index is 0.956. The second kappa shape index (κ2) is 17.0. The molecule has 3 aliphatic heterocycles. The summed E-state index contributed by atoms with van der Waals surface area (Å²) in [6, 6.07) is 24.0. The number of methoxy groups -OCH3 is 1. The molecule has 9 rings (SSSR count). The third kappa shape index (κ3) is 8.24.